The fourth-order valence-corrected chi connectivity index (χ4v) is 4.64. The minimum atomic E-state index is -1.31. The van der Waals surface area contributed by atoms with E-state index in [4.69, 9.17) is 4.74 Å². The van der Waals surface area contributed by atoms with Gasteiger partial charge in [-0.3, -0.25) is 19.0 Å². The van der Waals surface area contributed by atoms with E-state index in [-0.39, 0.29) is 5.69 Å². The molecule has 11 heteroatoms. The lowest BCUT2D eigenvalue weighted by molar-refractivity contribution is -0.127. The zero-order valence-corrected chi connectivity index (χ0v) is 21.3. The third kappa shape index (κ3) is 6.70. The number of methoxy groups -OCH3 is 1. The van der Waals surface area contributed by atoms with Gasteiger partial charge in [0.25, 0.3) is 11.5 Å². The molecule has 1 aromatic heterocycles. The molecule has 0 spiro atoms. The predicted molar refractivity (Wildman–Crippen MR) is 138 cm³/mol. The molecule has 2 aromatic carbocycles. The number of benzene rings is 2. The van der Waals surface area contributed by atoms with Gasteiger partial charge in [0.15, 0.2) is 0 Å². The number of halogens is 1. The summed E-state index contributed by atoms with van der Waals surface area (Å²) >= 11 is 0. The molecule has 2 amide bonds. The summed E-state index contributed by atoms with van der Waals surface area (Å²) in [4.78, 5) is 52.8. The Bertz CT molecular complexity index is 1330. The number of rotatable bonds is 9. The standard InChI is InChI=1S/C25H29FN4O5S/c1-35-15-16-5-7-17(8-6-16)23(29-21(31)14-30-22(32)11-12-27-25(30)34)24(33)28-18-9-10-20(19(26)13-18)36(2,3)4/h5-13,23H,14-15H2,1-4H3,(H,27,34)(H,28,33)(H,29,31)/t23-/m1/s1. The molecule has 0 aliphatic carbocycles. The molecular formula is C25H29FN4O5S. The smallest absolute Gasteiger partial charge is 0.328 e. The second-order valence-electron chi connectivity index (χ2n) is 8.85. The number of carbonyl (C=O) groups excluding carboxylic acids is 2. The lowest BCUT2D eigenvalue weighted by atomic mass is 10.0. The SMILES string of the molecule is COCc1ccc([C@@H](NC(=O)Cn2c(=O)cc[nH]c2=O)C(=O)Nc2ccc(S(C)(C)C)c(F)c2)cc1. The molecular weight excluding hydrogens is 487 g/mol. The highest BCUT2D eigenvalue weighted by atomic mass is 32.3. The number of aromatic amines is 1. The monoisotopic (exact) mass is 516 g/mol. The number of ether oxygens (including phenoxy) is 1. The topological polar surface area (TPSA) is 122 Å². The summed E-state index contributed by atoms with van der Waals surface area (Å²) in [6.07, 6.45) is 7.07. The zero-order valence-electron chi connectivity index (χ0n) is 20.5. The molecule has 0 saturated heterocycles. The first-order valence-corrected chi connectivity index (χ1v) is 13.8. The first-order valence-electron chi connectivity index (χ1n) is 10.9. The quantitative estimate of drug-likeness (QED) is 0.403. The lowest BCUT2D eigenvalue weighted by Gasteiger charge is -2.26. The van der Waals surface area contributed by atoms with E-state index in [0.29, 0.717) is 17.1 Å². The summed E-state index contributed by atoms with van der Waals surface area (Å²) in [5.41, 5.74) is 0.132. The van der Waals surface area contributed by atoms with Crippen molar-refractivity contribution < 1.29 is 18.7 Å². The maximum atomic E-state index is 14.7. The number of anilines is 1. The Balaban J connectivity index is 1.87. The summed E-state index contributed by atoms with van der Waals surface area (Å²) in [7, 11) is 0.248. The van der Waals surface area contributed by atoms with Gasteiger partial charge in [0.05, 0.1) is 6.61 Å². The first kappa shape index (κ1) is 26.9. The van der Waals surface area contributed by atoms with Crippen LogP contribution in [0.5, 0.6) is 0 Å². The first-order chi connectivity index (χ1) is 17.0. The van der Waals surface area contributed by atoms with Gasteiger partial charge in [0.2, 0.25) is 5.91 Å². The summed E-state index contributed by atoms with van der Waals surface area (Å²) < 4.78 is 20.5. The summed E-state index contributed by atoms with van der Waals surface area (Å²) in [5, 5.41) is 5.22. The van der Waals surface area contributed by atoms with E-state index in [0.717, 1.165) is 16.2 Å². The van der Waals surface area contributed by atoms with Gasteiger partial charge in [-0.1, -0.05) is 24.3 Å². The van der Waals surface area contributed by atoms with Crippen LogP contribution < -0.4 is 21.9 Å². The Labute approximate surface area is 209 Å². The molecule has 0 fully saturated rings. The van der Waals surface area contributed by atoms with Crippen LogP contribution in [-0.4, -0.2) is 47.2 Å². The lowest BCUT2D eigenvalue weighted by Crippen LogP contribution is -2.43. The van der Waals surface area contributed by atoms with E-state index in [1.54, 1.807) is 43.5 Å². The molecule has 3 rings (SSSR count). The summed E-state index contributed by atoms with van der Waals surface area (Å²) in [5.74, 6) is -1.78. The van der Waals surface area contributed by atoms with E-state index in [1.807, 2.05) is 18.8 Å². The molecule has 9 nitrogen and oxygen atoms in total. The number of nitrogens with one attached hydrogen (secondary N) is 3. The van der Waals surface area contributed by atoms with Crippen molar-refractivity contribution in [3.63, 3.8) is 0 Å². The highest BCUT2D eigenvalue weighted by Crippen LogP contribution is 2.46. The number of nitrogens with zero attached hydrogens (tertiary/aromatic N) is 1. The molecule has 1 heterocycles. The van der Waals surface area contributed by atoms with Gasteiger partial charge >= 0.3 is 5.69 Å². The number of H-pyrrole nitrogens is 1. The maximum Gasteiger partial charge on any atom is 0.328 e. The number of aromatic nitrogens is 2. The molecule has 3 N–H and O–H groups in total. The predicted octanol–water partition coefficient (Wildman–Crippen LogP) is 2.37. The van der Waals surface area contributed by atoms with Crippen molar-refractivity contribution in [1.29, 1.82) is 0 Å². The van der Waals surface area contributed by atoms with Gasteiger partial charge in [-0.15, -0.1) is 0 Å². The highest BCUT2D eigenvalue weighted by Gasteiger charge is 2.24. The number of amides is 2. The molecule has 0 radical (unpaired) electrons. The molecule has 0 aliphatic heterocycles. The van der Waals surface area contributed by atoms with Crippen molar-refractivity contribution in [1.82, 2.24) is 14.9 Å². The van der Waals surface area contributed by atoms with Crippen molar-refractivity contribution >= 4 is 27.5 Å². The largest absolute Gasteiger partial charge is 0.380 e. The molecule has 36 heavy (non-hydrogen) atoms. The third-order valence-corrected chi connectivity index (χ3v) is 6.95. The van der Waals surface area contributed by atoms with Crippen LogP contribution in [0.2, 0.25) is 0 Å². The maximum absolute atomic E-state index is 14.7. The van der Waals surface area contributed by atoms with Gasteiger partial charge in [-0.05, 0) is 48.1 Å². The Morgan fingerprint density at radius 3 is 2.36 bits per heavy atom. The Hall–Kier alpha value is -3.70. The van der Waals surface area contributed by atoms with Crippen LogP contribution in [0.15, 0.2) is 69.2 Å². The second-order valence-corrected chi connectivity index (χ2v) is 13.0. The van der Waals surface area contributed by atoms with Gasteiger partial charge in [-0.25, -0.2) is 19.2 Å². The van der Waals surface area contributed by atoms with E-state index in [2.05, 4.69) is 15.6 Å². The highest BCUT2D eigenvalue weighted by molar-refractivity contribution is 8.32. The van der Waals surface area contributed by atoms with Gasteiger partial charge in [-0.2, -0.15) is 0 Å². The number of hydrogen-bond donors (Lipinski definition) is 3. The minimum Gasteiger partial charge on any atom is -0.380 e. The van der Waals surface area contributed by atoms with Gasteiger partial charge < -0.3 is 20.4 Å². The van der Waals surface area contributed by atoms with Gasteiger partial charge in [0, 0.05) is 30.0 Å². The van der Waals surface area contributed by atoms with Crippen molar-refractivity contribution in [3.05, 3.63) is 92.5 Å². The molecule has 0 saturated carbocycles. The molecule has 3 aromatic rings. The van der Waals surface area contributed by atoms with Crippen molar-refractivity contribution in [2.24, 2.45) is 0 Å². The van der Waals surface area contributed by atoms with Crippen molar-refractivity contribution in [3.8, 4) is 0 Å². The second kappa shape index (κ2) is 11.4. The number of carbonyl (C=O) groups is 2. The van der Waals surface area contributed by atoms with Crippen molar-refractivity contribution in [2.45, 2.75) is 24.1 Å². The van der Waals surface area contributed by atoms with Crippen LogP contribution >= 0.6 is 10.0 Å². The fraction of sp³-hybridized carbons (Fsp3) is 0.280. The van der Waals surface area contributed by atoms with Crippen LogP contribution in [0.25, 0.3) is 0 Å². The van der Waals surface area contributed by atoms with E-state index >= 15 is 0 Å². The normalized spacial score (nSPS) is 12.6. The zero-order chi connectivity index (χ0) is 26.5. The van der Waals surface area contributed by atoms with E-state index in [1.165, 1.54) is 12.3 Å². The average molecular weight is 517 g/mol. The molecule has 0 unspecified atom stereocenters. The van der Waals surface area contributed by atoms with Crippen LogP contribution in [0.3, 0.4) is 0 Å². The third-order valence-electron chi connectivity index (χ3n) is 5.30. The van der Waals surface area contributed by atoms with E-state index in [9.17, 15) is 23.6 Å². The Kier molecular flexibility index (Phi) is 8.49. The average Bonchev–Trinajstić information content (AvgIpc) is 2.80. The van der Waals surface area contributed by atoms with Crippen LogP contribution in [0, 0.1) is 5.82 Å². The van der Waals surface area contributed by atoms with Crippen LogP contribution in [0.1, 0.15) is 17.2 Å². The Morgan fingerprint density at radius 2 is 1.78 bits per heavy atom. The Morgan fingerprint density at radius 1 is 1.08 bits per heavy atom. The molecule has 0 aliphatic rings. The molecule has 0 bridgehead atoms. The molecule has 1 atom stereocenters. The number of hydrogen-bond acceptors (Lipinski definition) is 5. The van der Waals surface area contributed by atoms with Gasteiger partial charge in [0.1, 0.15) is 18.4 Å². The van der Waals surface area contributed by atoms with E-state index < -0.39 is 51.5 Å². The van der Waals surface area contributed by atoms with Crippen LogP contribution in [-0.2, 0) is 27.5 Å². The summed E-state index contributed by atoms with van der Waals surface area (Å²) in [6, 6.07) is 11.2. The van der Waals surface area contributed by atoms with Crippen molar-refractivity contribution in [2.75, 3.05) is 31.2 Å². The fourth-order valence-electron chi connectivity index (χ4n) is 3.52. The molecule has 192 valence electrons. The van der Waals surface area contributed by atoms with Crippen LogP contribution in [0.4, 0.5) is 10.1 Å². The summed E-state index contributed by atoms with van der Waals surface area (Å²) in [6.45, 7) is -0.219. The minimum absolute atomic E-state index is 0.232.